The average molecular weight is 368 g/mol. The van der Waals surface area contributed by atoms with Crippen LogP contribution in [0.5, 0.6) is 11.5 Å². The van der Waals surface area contributed by atoms with Gasteiger partial charge in [-0.25, -0.2) is 0 Å². The minimum Gasteiger partial charge on any atom is -0.454 e. The Bertz CT molecular complexity index is 681. The first-order valence-corrected chi connectivity index (χ1v) is 8.78. The van der Waals surface area contributed by atoms with E-state index in [4.69, 9.17) is 14.7 Å². The number of amides is 1. The van der Waals surface area contributed by atoms with Gasteiger partial charge in [-0.1, -0.05) is 6.07 Å². The van der Waals surface area contributed by atoms with Crippen LogP contribution in [0, 0.1) is 11.3 Å². The molecule has 128 valence electrons. The molecule has 0 bridgehead atoms. The quantitative estimate of drug-likeness (QED) is 0.862. The minimum atomic E-state index is -0.265. The van der Waals surface area contributed by atoms with Crippen LogP contribution in [-0.4, -0.2) is 42.0 Å². The van der Waals surface area contributed by atoms with Crippen molar-refractivity contribution in [2.45, 2.75) is 30.3 Å². The number of carbonyl (C=O) groups excluding carboxylic acids is 1. The molecule has 2 saturated heterocycles. The molecular formula is C16H18ClN3O3S. The number of thioether (sulfide) groups is 1. The lowest BCUT2D eigenvalue weighted by Gasteiger charge is -2.23. The molecule has 1 amide bonds. The molecule has 0 radical (unpaired) electrons. The molecule has 0 aromatic heterocycles. The summed E-state index contributed by atoms with van der Waals surface area (Å²) in [7, 11) is 0. The van der Waals surface area contributed by atoms with Crippen LogP contribution in [0.2, 0.25) is 0 Å². The Morgan fingerprint density at radius 2 is 2.21 bits per heavy atom. The maximum Gasteiger partial charge on any atom is 0.241 e. The highest BCUT2D eigenvalue weighted by atomic mass is 35.5. The first-order chi connectivity index (χ1) is 11.3. The monoisotopic (exact) mass is 367 g/mol. The topological polar surface area (TPSA) is 74.6 Å². The van der Waals surface area contributed by atoms with Crippen LogP contribution in [0.1, 0.15) is 23.8 Å². The summed E-state index contributed by atoms with van der Waals surface area (Å²) in [6, 6.07) is 7.60. The van der Waals surface area contributed by atoms with Gasteiger partial charge in [0.2, 0.25) is 12.7 Å². The number of hydrogen-bond donors (Lipinski definition) is 1. The number of rotatable bonds is 2. The molecule has 3 aliphatic heterocycles. The average Bonchev–Trinajstić information content (AvgIpc) is 3.32. The Kier molecular flexibility index (Phi) is 5.09. The van der Waals surface area contributed by atoms with E-state index in [-0.39, 0.29) is 42.6 Å². The van der Waals surface area contributed by atoms with Crippen molar-refractivity contribution < 1.29 is 14.3 Å². The molecule has 8 heteroatoms. The zero-order valence-electron chi connectivity index (χ0n) is 12.9. The molecule has 0 aliphatic carbocycles. The van der Waals surface area contributed by atoms with Crippen LogP contribution in [0.15, 0.2) is 18.2 Å². The van der Waals surface area contributed by atoms with Crippen LogP contribution in [0.3, 0.4) is 0 Å². The van der Waals surface area contributed by atoms with Crippen molar-refractivity contribution in [3.63, 3.8) is 0 Å². The molecule has 0 saturated carbocycles. The van der Waals surface area contributed by atoms with Crippen molar-refractivity contribution in [3.05, 3.63) is 23.8 Å². The summed E-state index contributed by atoms with van der Waals surface area (Å²) in [5.41, 5.74) is 1.08. The van der Waals surface area contributed by atoms with Crippen molar-refractivity contribution in [2.75, 3.05) is 19.1 Å². The Hall–Kier alpha value is -1.62. The summed E-state index contributed by atoms with van der Waals surface area (Å²) in [6.45, 7) is 0.949. The van der Waals surface area contributed by atoms with Crippen molar-refractivity contribution in [3.8, 4) is 17.6 Å². The van der Waals surface area contributed by atoms with E-state index < -0.39 is 0 Å². The molecule has 1 unspecified atom stereocenters. The Balaban J connectivity index is 0.00000169. The van der Waals surface area contributed by atoms with Gasteiger partial charge in [-0.2, -0.15) is 5.26 Å². The van der Waals surface area contributed by atoms with Crippen molar-refractivity contribution >= 4 is 30.1 Å². The predicted octanol–water partition coefficient (Wildman–Crippen LogP) is 2.06. The van der Waals surface area contributed by atoms with Crippen LogP contribution >= 0.6 is 24.2 Å². The number of benzene rings is 1. The highest BCUT2D eigenvalue weighted by Gasteiger charge is 2.37. The van der Waals surface area contributed by atoms with E-state index in [0.717, 1.165) is 29.9 Å². The molecule has 4 rings (SSSR count). The van der Waals surface area contributed by atoms with Gasteiger partial charge in [-0.3, -0.25) is 10.1 Å². The number of fused-ring (bicyclic) bond motifs is 1. The third-order valence-electron chi connectivity index (χ3n) is 4.46. The first-order valence-electron chi connectivity index (χ1n) is 7.73. The second-order valence-corrected chi connectivity index (χ2v) is 7.00. The van der Waals surface area contributed by atoms with Crippen LogP contribution in [-0.2, 0) is 4.79 Å². The highest BCUT2D eigenvalue weighted by Crippen LogP contribution is 2.39. The third-order valence-corrected chi connectivity index (χ3v) is 5.73. The normalized spacial score (nSPS) is 27.6. The number of carbonyl (C=O) groups is 1. The van der Waals surface area contributed by atoms with Crippen LogP contribution < -0.4 is 14.8 Å². The summed E-state index contributed by atoms with van der Waals surface area (Å²) >= 11 is 1.71. The summed E-state index contributed by atoms with van der Waals surface area (Å²) in [5, 5.41) is 12.6. The van der Waals surface area contributed by atoms with E-state index >= 15 is 0 Å². The van der Waals surface area contributed by atoms with E-state index in [1.165, 1.54) is 0 Å². The van der Waals surface area contributed by atoms with Crippen molar-refractivity contribution in [1.82, 2.24) is 10.2 Å². The third kappa shape index (κ3) is 3.02. The minimum absolute atomic E-state index is 0. The maximum absolute atomic E-state index is 12.6. The Labute approximate surface area is 150 Å². The summed E-state index contributed by atoms with van der Waals surface area (Å²) in [6.07, 6.45) is 1.70. The van der Waals surface area contributed by atoms with Crippen molar-refractivity contribution in [2.24, 2.45) is 0 Å². The van der Waals surface area contributed by atoms with Gasteiger partial charge in [0.25, 0.3) is 0 Å². The highest BCUT2D eigenvalue weighted by molar-refractivity contribution is 7.99. The number of hydrogen-bond acceptors (Lipinski definition) is 6. The molecule has 3 aliphatic rings. The molecule has 3 heterocycles. The van der Waals surface area contributed by atoms with Gasteiger partial charge >= 0.3 is 0 Å². The molecule has 1 aromatic rings. The number of ether oxygens (including phenoxy) is 2. The summed E-state index contributed by atoms with van der Waals surface area (Å²) < 4.78 is 10.7. The number of likely N-dealkylation sites (tertiary alicyclic amines) is 1. The molecule has 0 spiro atoms. The number of nitrogens with one attached hydrogen (secondary N) is 1. The SMILES string of the molecule is Cl.N#C[C@@H]1CCCN1C(=O)[C@@H]1CSC(c2ccc3c(c2)OCO3)N1. The van der Waals surface area contributed by atoms with E-state index in [1.807, 2.05) is 18.2 Å². The second kappa shape index (κ2) is 7.09. The van der Waals surface area contributed by atoms with Gasteiger partial charge in [0.05, 0.1) is 17.5 Å². The molecular weight excluding hydrogens is 350 g/mol. The summed E-state index contributed by atoms with van der Waals surface area (Å²) in [4.78, 5) is 14.4. The van der Waals surface area contributed by atoms with Gasteiger partial charge in [0.1, 0.15) is 6.04 Å². The fraction of sp³-hybridized carbons (Fsp3) is 0.500. The smallest absolute Gasteiger partial charge is 0.241 e. The Morgan fingerprint density at radius 1 is 1.38 bits per heavy atom. The van der Waals surface area contributed by atoms with E-state index in [2.05, 4.69) is 11.4 Å². The first kappa shape index (κ1) is 17.2. The molecule has 6 nitrogen and oxygen atoms in total. The lowest BCUT2D eigenvalue weighted by atomic mass is 10.1. The second-order valence-electron chi connectivity index (χ2n) is 5.86. The van der Waals surface area contributed by atoms with Gasteiger partial charge in [-0.05, 0) is 30.5 Å². The van der Waals surface area contributed by atoms with Gasteiger partial charge in [0.15, 0.2) is 11.5 Å². The Morgan fingerprint density at radius 3 is 3.04 bits per heavy atom. The van der Waals surface area contributed by atoms with Crippen LogP contribution in [0.25, 0.3) is 0 Å². The van der Waals surface area contributed by atoms with E-state index in [1.54, 1.807) is 16.7 Å². The number of halogens is 1. The zero-order chi connectivity index (χ0) is 15.8. The largest absolute Gasteiger partial charge is 0.454 e. The molecule has 1 aromatic carbocycles. The van der Waals surface area contributed by atoms with E-state index in [9.17, 15) is 4.79 Å². The lowest BCUT2D eigenvalue weighted by Crippen LogP contribution is -2.46. The van der Waals surface area contributed by atoms with Crippen molar-refractivity contribution in [1.29, 1.82) is 5.26 Å². The molecule has 3 atom stereocenters. The number of nitrogens with zero attached hydrogens (tertiary/aromatic N) is 2. The van der Waals surface area contributed by atoms with E-state index in [0.29, 0.717) is 12.3 Å². The maximum atomic E-state index is 12.6. The van der Waals surface area contributed by atoms with Crippen LogP contribution in [0.4, 0.5) is 0 Å². The molecule has 2 fully saturated rings. The predicted molar refractivity (Wildman–Crippen MR) is 92.3 cm³/mol. The lowest BCUT2D eigenvalue weighted by molar-refractivity contribution is -0.132. The number of nitriles is 1. The van der Waals surface area contributed by atoms with Gasteiger partial charge in [0, 0.05) is 12.3 Å². The summed E-state index contributed by atoms with van der Waals surface area (Å²) in [5.74, 6) is 2.28. The standard InChI is InChI=1S/C16H17N3O3S.ClH/c17-7-11-2-1-5-19(11)16(20)12-8-23-15(18-12)10-3-4-13-14(6-10)22-9-21-13;/h3-4,6,11-12,15,18H,1-2,5,8-9H2;1H/t11-,12-,15?;/m0./s1. The zero-order valence-corrected chi connectivity index (χ0v) is 14.6. The van der Waals surface area contributed by atoms with Gasteiger partial charge in [-0.15, -0.1) is 24.2 Å². The fourth-order valence-electron chi connectivity index (χ4n) is 3.25. The fourth-order valence-corrected chi connectivity index (χ4v) is 4.47. The molecule has 24 heavy (non-hydrogen) atoms. The molecule has 1 N–H and O–H groups in total. The van der Waals surface area contributed by atoms with Gasteiger partial charge < -0.3 is 14.4 Å².